The molecule has 1 aromatic heterocycles. The number of hydrogen-bond acceptors (Lipinski definition) is 5. The number of nitrogens with zero attached hydrogens (tertiary/aromatic N) is 3. The zero-order valence-electron chi connectivity index (χ0n) is 19.5. The van der Waals surface area contributed by atoms with E-state index < -0.39 is 17.8 Å². The SMILES string of the molecule is CC(=O)c1cccc(N(C(=O)c2cnccn2)C(C(=O)NC2CCCCC2)c2ccc(F)cc2)c1. The zero-order chi connectivity index (χ0) is 24.8. The Morgan fingerprint density at radius 1 is 1.03 bits per heavy atom. The second kappa shape index (κ2) is 11.0. The number of carbonyl (C=O) groups is 3. The molecular weight excluding hydrogens is 447 g/mol. The van der Waals surface area contributed by atoms with Gasteiger partial charge in [0.1, 0.15) is 17.6 Å². The van der Waals surface area contributed by atoms with Crippen molar-refractivity contribution in [3.63, 3.8) is 0 Å². The van der Waals surface area contributed by atoms with Gasteiger partial charge in [-0.15, -0.1) is 0 Å². The molecule has 1 unspecified atom stereocenters. The van der Waals surface area contributed by atoms with Crippen molar-refractivity contribution < 1.29 is 18.8 Å². The fraction of sp³-hybridized carbons (Fsp3) is 0.296. The van der Waals surface area contributed by atoms with E-state index in [1.807, 2.05) is 0 Å². The Kier molecular flexibility index (Phi) is 7.60. The molecular formula is C27H27FN4O3. The molecule has 180 valence electrons. The maximum atomic E-state index is 13.8. The van der Waals surface area contributed by atoms with Crippen molar-refractivity contribution >= 4 is 23.3 Å². The van der Waals surface area contributed by atoms with Gasteiger partial charge in [-0.1, -0.05) is 43.5 Å². The summed E-state index contributed by atoms with van der Waals surface area (Å²) in [5, 5.41) is 3.10. The lowest BCUT2D eigenvalue weighted by Gasteiger charge is -2.33. The summed E-state index contributed by atoms with van der Waals surface area (Å²) in [5.74, 6) is -1.57. The Bertz CT molecular complexity index is 1190. The number of hydrogen-bond donors (Lipinski definition) is 1. The van der Waals surface area contributed by atoms with Crippen molar-refractivity contribution in [2.75, 3.05) is 4.90 Å². The van der Waals surface area contributed by atoms with Gasteiger partial charge in [-0.05, 0) is 49.6 Å². The van der Waals surface area contributed by atoms with E-state index in [9.17, 15) is 18.8 Å². The van der Waals surface area contributed by atoms with Crippen molar-refractivity contribution in [3.8, 4) is 0 Å². The van der Waals surface area contributed by atoms with E-state index in [4.69, 9.17) is 0 Å². The summed E-state index contributed by atoms with van der Waals surface area (Å²) >= 11 is 0. The minimum Gasteiger partial charge on any atom is -0.351 e. The predicted molar refractivity (Wildman–Crippen MR) is 129 cm³/mol. The Morgan fingerprint density at radius 3 is 2.43 bits per heavy atom. The number of anilines is 1. The van der Waals surface area contributed by atoms with E-state index in [0.29, 0.717) is 16.8 Å². The fourth-order valence-corrected chi connectivity index (χ4v) is 4.38. The molecule has 4 rings (SSSR count). The fourth-order valence-electron chi connectivity index (χ4n) is 4.38. The van der Waals surface area contributed by atoms with Crippen LogP contribution in [0.4, 0.5) is 10.1 Å². The molecule has 1 aliphatic rings. The van der Waals surface area contributed by atoms with E-state index in [1.54, 1.807) is 24.3 Å². The van der Waals surface area contributed by atoms with Crippen molar-refractivity contribution in [3.05, 3.63) is 89.8 Å². The van der Waals surface area contributed by atoms with Gasteiger partial charge in [-0.2, -0.15) is 0 Å². The molecule has 0 spiro atoms. The second-order valence-corrected chi connectivity index (χ2v) is 8.67. The highest BCUT2D eigenvalue weighted by Gasteiger charge is 2.35. The van der Waals surface area contributed by atoms with E-state index in [0.717, 1.165) is 32.1 Å². The summed E-state index contributed by atoms with van der Waals surface area (Å²) in [6.45, 7) is 1.43. The third kappa shape index (κ3) is 5.77. The molecule has 35 heavy (non-hydrogen) atoms. The molecule has 2 aromatic carbocycles. The van der Waals surface area contributed by atoms with Crippen LogP contribution in [-0.2, 0) is 4.79 Å². The minimum atomic E-state index is -1.12. The number of carbonyl (C=O) groups excluding carboxylic acids is 3. The minimum absolute atomic E-state index is 0.00350. The first-order valence-corrected chi connectivity index (χ1v) is 11.7. The number of aromatic nitrogens is 2. The van der Waals surface area contributed by atoms with Crippen molar-refractivity contribution in [2.24, 2.45) is 0 Å². The summed E-state index contributed by atoms with van der Waals surface area (Å²) in [6.07, 6.45) is 9.06. The second-order valence-electron chi connectivity index (χ2n) is 8.67. The topological polar surface area (TPSA) is 92.3 Å². The number of amides is 2. The largest absolute Gasteiger partial charge is 0.351 e. The van der Waals surface area contributed by atoms with Gasteiger partial charge < -0.3 is 5.32 Å². The smallest absolute Gasteiger partial charge is 0.279 e. The van der Waals surface area contributed by atoms with Crippen LogP contribution in [0.1, 0.15) is 71.5 Å². The molecule has 2 amide bonds. The molecule has 7 nitrogen and oxygen atoms in total. The van der Waals surface area contributed by atoms with Crippen LogP contribution in [0.25, 0.3) is 0 Å². The molecule has 0 aliphatic heterocycles. The quantitative estimate of drug-likeness (QED) is 0.503. The Balaban J connectivity index is 1.83. The lowest BCUT2D eigenvalue weighted by atomic mass is 9.94. The van der Waals surface area contributed by atoms with Crippen LogP contribution >= 0.6 is 0 Å². The Labute approximate surface area is 203 Å². The summed E-state index contributed by atoms with van der Waals surface area (Å²) in [5.41, 5.74) is 1.22. The number of benzene rings is 2. The molecule has 1 saturated carbocycles. The number of rotatable bonds is 7. The number of nitrogens with one attached hydrogen (secondary N) is 1. The molecule has 1 aliphatic carbocycles. The van der Waals surface area contributed by atoms with Crippen LogP contribution in [0.3, 0.4) is 0 Å². The van der Waals surface area contributed by atoms with Crippen LogP contribution in [0.15, 0.2) is 67.1 Å². The molecule has 3 aromatic rings. The first-order chi connectivity index (χ1) is 16.9. The van der Waals surface area contributed by atoms with E-state index in [-0.39, 0.29) is 23.4 Å². The predicted octanol–water partition coefficient (Wildman–Crippen LogP) is 4.66. The maximum absolute atomic E-state index is 13.8. The first kappa shape index (κ1) is 24.2. The zero-order valence-corrected chi connectivity index (χ0v) is 19.5. The van der Waals surface area contributed by atoms with E-state index >= 15 is 0 Å². The van der Waals surface area contributed by atoms with Gasteiger partial charge in [0.25, 0.3) is 5.91 Å². The van der Waals surface area contributed by atoms with Crippen LogP contribution in [0, 0.1) is 5.82 Å². The monoisotopic (exact) mass is 474 g/mol. The van der Waals surface area contributed by atoms with Crippen LogP contribution < -0.4 is 10.2 Å². The lowest BCUT2D eigenvalue weighted by Crippen LogP contribution is -2.47. The molecule has 8 heteroatoms. The number of halogens is 1. The van der Waals surface area contributed by atoms with Gasteiger partial charge in [0, 0.05) is 29.7 Å². The molecule has 1 fully saturated rings. The number of ketones is 1. The number of Topliss-reactive ketones (excluding diaryl/α,β-unsaturated/α-hetero) is 1. The van der Waals surface area contributed by atoms with Gasteiger partial charge in [-0.3, -0.25) is 24.3 Å². The third-order valence-corrected chi connectivity index (χ3v) is 6.18. The van der Waals surface area contributed by atoms with Crippen molar-refractivity contribution in [2.45, 2.75) is 51.1 Å². The molecule has 0 saturated heterocycles. The van der Waals surface area contributed by atoms with E-state index in [1.165, 1.54) is 54.7 Å². The first-order valence-electron chi connectivity index (χ1n) is 11.7. The molecule has 1 N–H and O–H groups in total. The highest BCUT2D eigenvalue weighted by molar-refractivity contribution is 6.09. The van der Waals surface area contributed by atoms with Crippen LogP contribution in [-0.4, -0.2) is 33.6 Å². The highest BCUT2D eigenvalue weighted by atomic mass is 19.1. The Hall–Kier alpha value is -3.94. The lowest BCUT2D eigenvalue weighted by molar-refractivity contribution is -0.123. The van der Waals surface area contributed by atoms with Crippen molar-refractivity contribution in [1.29, 1.82) is 0 Å². The summed E-state index contributed by atoms with van der Waals surface area (Å²) in [4.78, 5) is 49.1. The molecule has 0 radical (unpaired) electrons. The van der Waals surface area contributed by atoms with Crippen LogP contribution in [0.5, 0.6) is 0 Å². The van der Waals surface area contributed by atoms with Gasteiger partial charge in [0.2, 0.25) is 5.91 Å². The highest BCUT2D eigenvalue weighted by Crippen LogP contribution is 2.31. The van der Waals surface area contributed by atoms with Gasteiger partial charge in [0.15, 0.2) is 5.78 Å². The van der Waals surface area contributed by atoms with Gasteiger partial charge in [-0.25, -0.2) is 9.37 Å². The molecule has 1 atom stereocenters. The summed E-state index contributed by atoms with van der Waals surface area (Å²) in [7, 11) is 0. The average molecular weight is 475 g/mol. The van der Waals surface area contributed by atoms with Crippen molar-refractivity contribution in [1.82, 2.24) is 15.3 Å². The van der Waals surface area contributed by atoms with Gasteiger partial charge >= 0.3 is 0 Å². The summed E-state index contributed by atoms with van der Waals surface area (Å²) in [6, 6.07) is 10.9. The average Bonchev–Trinajstić information content (AvgIpc) is 2.88. The standard InChI is InChI=1S/C27H27FN4O3/c1-18(33)20-6-5-9-23(16-20)32(27(35)24-17-29-14-15-30-24)25(19-10-12-21(28)13-11-19)26(34)31-22-7-3-2-4-8-22/h5-6,9-17,22,25H,2-4,7-8H2,1H3,(H,31,34). The third-order valence-electron chi connectivity index (χ3n) is 6.18. The molecule has 1 heterocycles. The molecule has 0 bridgehead atoms. The normalized spacial score (nSPS) is 14.7. The Morgan fingerprint density at radius 2 is 1.77 bits per heavy atom. The van der Waals surface area contributed by atoms with E-state index in [2.05, 4.69) is 15.3 Å². The maximum Gasteiger partial charge on any atom is 0.279 e. The van der Waals surface area contributed by atoms with Gasteiger partial charge in [0.05, 0.1) is 6.20 Å². The summed E-state index contributed by atoms with van der Waals surface area (Å²) < 4.78 is 13.8. The van der Waals surface area contributed by atoms with Crippen LogP contribution in [0.2, 0.25) is 0 Å².